The number of hydrogen-bond acceptors (Lipinski definition) is 2. The molecule has 2 aliphatic rings. The highest BCUT2D eigenvalue weighted by Crippen LogP contribution is 2.47. The molecule has 164 valence electrons. The fourth-order valence-electron chi connectivity index (χ4n) is 5.97. The van der Waals surface area contributed by atoms with Crippen molar-refractivity contribution in [1.82, 2.24) is 4.90 Å². The number of carbonyl (C=O) groups is 1. The van der Waals surface area contributed by atoms with Crippen molar-refractivity contribution in [3.05, 3.63) is 102 Å². The van der Waals surface area contributed by atoms with Gasteiger partial charge in [0.2, 0.25) is 5.91 Å². The van der Waals surface area contributed by atoms with Gasteiger partial charge in [0.15, 0.2) is 0 Å². The molecular weight excluding hydrogens is 392 g/mol. The third kappa shape index (κ3) is 3.65. The molecule has 0 aliphatic carbocycles. The third-order valence-electron chi connectivity index (χ3n) is 7.46. The largest absolute Gasteiger partial charge is 0.309 e. The summed E-state index contributed by atoms with van der Waals surface area (Å²) >= 11 is 0. The molecule has 0 radical (unpaired) electrons. The van der Waals surface area contributed by atoms with Gasteiger partial charge in [-0.1, -0.05) is 86.6 Å². The van der Waals surface area contributed by atoms with Crippen LogP contribution in [0.2, 0.25) is 0 Å². The molecule has 1 amide bonds. The van der Waals surface area contributed by atoms with Gasteiger partial charge in [-0.05, 0) is 41.2 Å². The number of anilines is 1. The summed E-state index contributed by atoms with van der Waals surface area (Å²) in [5.41, 5.74) is 5.29. The molecule has 3 aromatic rings. The number of rotatable bonds is 4. The summed E-state index contributed by atoms with van der Waals surface area (Å²) in [5, 5.41) is 0. The average molecular weight is 425 g/mol. The quantitative estimate of drug-likeness (QED) is 0.511. The lowest BCUT2D eigenvalue weighted by atomic mass is 9.73. The van der Waals surface area contributed by atoms with Crippen LogP contribution < -0.4 is 4.90 Å². The van der Waals surface area contributed by atoms with Crippen LogP contribution in [0.1, 0.15) is 55.3 Å². The van der Waals surface area contributed by atoms with E-state index in [9.17, 15) is 4.79 Å². The SMILES string of the molecule is CCC(=O)N(c1ccccc1)[C@@H]1CCN2C[C@H](c3ccccc3)c3ccccc3[C@@H]2[C@@H]1C. The zero-order valence-electron chi connectivity index (χ0n) is 19.0. The molecule has 32 heavy (non-hydrogen) atoms. The molecule has 1 fully saturated rings. The van der Waals surface area contributed by atoms with Crippen LogP contribution in [0.3, 0.4) is 0 Å². The molecule has 0 spiro atoms. The first kappa shape index (κ1) is 21.0. The van der Waals surface area contributed by atoms with E-state index >= 15 is 0 Å². The smallest absolute Gasteiger partial charge is 0.226 e. The van der Waals surface area contributed by atoms with Gasteiger partial charge in [-0.15, -0.1) is 0 Å². The number of nitrogens with zero attached hydrogens (tertiary/aromatic N) is 2. The fourth-order valence-corrected chi connectivity index (χ4v) is 5.97. The number of carbonyl (C=O) groups excluding carboxylic acids is 1. The predicted octanol–water partition coefficient (Wildman–Crippen LogP) is 6.03. The number of hydrogen-bond donors (Lipinski definition) is 0. The van der Waals surface area contributed by atoms with Crippen molar-refractivity contribution in [2.45, 2.75) is 44.7 Å². The van der Waals surface area contributed by atoms with E-state index in [1.54, 1.807) is 0 Å². The topological polar surface area (TPSA) is 23.6 Å². The van der Waals surface area contributed by atoms with Crippen molar-refractivity contribution < 1.29 is 4.79 Å². The zero-order chi connectivity index (χ0) is 22.1. The van der Waals surface area contributed by atoms with Crippen LogP contribution in [-0.4, -0.2) is 29.9 Å². The Balaban J connectivity index is 1.53. The lowest BCUT2D eigenvalue weighted by Gasteiger charge is -2.52. The maximum absolute atomic E-state index is 13.1. The van der Waals surface area contributed by atoms with Gasteiger partial charge in [-0.25, -0.2) is 0 Å². The predicted molar refractivity (Wildman–Crippen MR) is 131 cm³/mol. The van der Waals surface area contributed by atoms with Gasteiger partial charge in [0, 0.05) is 43.2 Å². The van der Waals surface area contributed by atoms with Crippen molar-refractivity contribution in [2.24, 2.45) is 5.92 Å². The van der Waals surface area contributed by atoms with E-state index < -0.39 is 0 Å². The first-order valence-electron chi connectivity index (χ1n) is 11.9. The van der Waals surface area contributed by atoms with Crippen molar-refractivity contribution in [3.63, 3.8) is 0 Å². The standard InChI is InChI=1S/C29H32N2O/c1-3-28(32)31(23-14-8-5-9-15-23)27-18-19-30-20-26(22-12-6-4-7-13-22)24-16-10-11-17-25(24)29(30)21(27)2/h4-17,21,26-27,29H,3,18-20H2,1-2H3/t21-,26-,27-,29+/m1/s1. The molecule has 2 aliphatic heterocycles. The second-order valence-corrected chi connectivity index (χ2v) is 9.20. The van der Waals surface area contributed by atoms with Crippen LogP contribution >= 0.6 is 0 Å². The second-order valence-electron chi connectivity index (χ2n) is 9.20. The summed E-state index contributed by atoms with van der Waals surface area (Å²) in [7, 11) is 0. The lowest BCUT2D eigenvalue weighted by molar-refractivity contribution is -0.119. The Morgan fingerprint density at radius 3 is 2.22 bits per heavy atom. The number of piperidine rings is 1. The minimum atomic E-state index is 0.201. The zero-order valence-corrected chi connectivity index (χ0v) is 19.0. The molecule has 5 rings (SSSR count). The molecule has 2 heterocycles. The van der Waals surface area contributed by atoms with Gasteiger partial charge in [-0.3, -0.25) is 9.69 Å². The van der Waals surface area contributed by atoms with Crippen LogP contribution in [0.4, 0.5) is 5.69 Å². The molecule has 0 saturated carbocycles. The van der Waals surface area contributed by atoms with E-state index in [1.807, 2.05) is 25.1 Å². The Hall–Kier alpha value is -2.91. The van der Waals surface area contributed by atoms with E-state index in [1.165, 1.54) is 16.7 Å². The molecular formula is C29H32N2O. The summed E-state index contributed by atoms with van der Waals surface area (Å²) < 4.78 is 0. The molecule has 0 aromatic heterocycles. The summed E-state index contributed by atoms with van der Waals surface area (Å²) in [4.78, 5) is 17.9. The molecule has 0 N–H and O–H groups in total. The summed E-state index contributed by atoms with van der Waals surface area (Å²) in [6.45, 7) is 6.37. The van der Waals surface area contributed by atoms with E-state index in [4.69, 9.17) is 0 Å². The highest BCUT2D eigenvalue weighted by Gasteiger charge is 2.44. The number of benzene rings is 3. The van der Waals surface area contributed by atoms with Crippen LogP contribution in [0.15, 0.2) is 84.9 Å². The van der Waals surface area contributed by atoms with Crippen LogP contribution in [0, 0.1) is 5.92 Å². The third-order valence-corrected chi connectivity index (χ3v) is 7.46. The van der Waals surface area contributed by atoms with Gasteiger partial charge >= 0.3 is 0 Å². The molecule has 3 heteroatoms. The minimum Gasteiger partial charge on any atom is -0.309 e. The first-order valence-corrected chi connectivity index (χ1v) is 11.9. The van der Waals surface area contributed by atoms with Gasteiger partial charge in [0.05, 0.1) is 0 Å². The lowest BCUT2D eigenvalue weighted by Crippen LogP contribution is -2.55. The number of amides is 1. The Morgan fingerprint density at radius 1 is 0.906 bits per heavy atom. The Labute approximate surface area is 191 Å². The van der Waals surface area contributed by atoms with Crippen molar-refractivity contribution in [2.75, 3.05) is 18.0 Å². The Bertz CT molecular complexity index is 1060. The maximum atomic E-state index is 13.1. The van der Waals surface area contributed by atoms with Crippen LogP contribution in [-0.2, 0) is 4.79 Å². The molecule has 0 bridgehead atoms. The van der Waals surface area contributed by atoms with E-state index in [-0.39, 0.29) is 11.9 Å². The van der Waals surface area contributed by atoms with Crippen LogP contribution in [0.25, 0.3) is 0 Å². The van der Waals surface area contributed by atoms with E-state index in [0.29, 0.717) is 24.3 Å². The average Bonchev–Trinajstić information content (AvgIpc) is 2.86. The van der Waals surface area contributed by atoms with E-state index in [2.05, 4.69) is 83.5 Å². The maximum Gasteiger partial charge on any atom is 0.226 e. The van der Waals surface area contributed by atoms with Crippen LogP contribution in [0.5, 0.6) is 0 Å². The summed E-state index contributed by atoms with van der Waals surface area (Å²) in [6.07, 6.45) is 1.53. The number of fused-ring (bicyclic) bond motifs is 3. The van der Waals surface area contributed by atoms with Gasteiger partial charge in [0.1, 0.15) is 0 Å². The highest BCUT2D eigenvalue weighted by molar-refractivity contribution is 5.93. The first-order chi connectivity index (χ1) is 15.7. The molecule has 4 atom stereocenters. The normalized spacial score (nSPS) is 24.9. The van der Waals surface area contributed by atoms with Crippen molar-refractivity contribution >= 4 is 11.6 Å². The van der Waals surface area contributed by atoms with Gasteiger partial charge < -0.3 is 4.90 Å². The van der Waals surface area contributed by atoms with Gasteiger partial charge in [0.25, 0.3) is 0 Å². The summed E-state index contributed by atoms with van der Waals surface area (Å²) in [6, 6.07) is 30.7. The van der Waals surface area contributed by atoms with Gasteiger partial charge in [-0.2, -0.15) is 0 Å². The monoisotopic (exact) mass is 424 g/mol. The molecule has 3 nitrogen and oxygen atoms in total. The fraction of sp³-hybridized carbons (Fsp3) is 0.345. The molecule has 0 unspecified atom stereocenters. The highest BCUT2D eigenvalue weighted by atomic mass is 16.2. The molecule has 3 aromatic carbocycles. The Kier molecular flexibility index (Phi) is 5.84. The molecule has 1 saturated heterocycles. The van der Waals surface area contributed by atoms with Crippen molar-refractivity contribution in [3.8, 4) is 0 Å². The summed E-state index contributed by atoms with van der Waals surface area (Å²) in [5.74, 6) is 0.958. The van der Waals surface area contributed by atoms with Crippen molar-refractivity contribution in [1.29, 1.82) is 0 Å². The van der Waals surface area contributed by atoms with E-state index in [0.717, 1.165) is 25.2 Å². The minimum absolute atomic E-state index is 0.201. The number of para-hydroxylation sites is 1. The Morgan fingerprint density at radius 2 is 1.53 bits per heavy atom. The second kappa shape index (κ2) is 8.91.